The third-order valence-electron chi connectivity index (χ3n) is 9.80. The fourth-order valence-corrected chi connectivity index (χ4v) is 7.53. The van der Waals surface area contributed by atoms with E-state index in [1.54, 1.807) is 6.08 Å². The molecular weight excluding hydrogens is 625 g/mol. The fourth-order valence-electron chi connectivity index (χ4n) is 7.53. The summed E-state index contributed by atoms with van der Waals surface area (Å²) in [7, 11) is 0. The predicted molar refractivity (Wildman–Crippen MR) is 211 cm³/mol. The molecule has 0 atom stereocenters. The summed E-state index contributed by atoms with van der Waals surface area (Å²) in [5.74, 6) is 1.50. The molecule has 0 aliphatic rings. The van der Waals surface area contributed by atoms with E-state index < -0.39 is 0 Å². The zero-order valence-corrected chi connectivity index (χ0v) is 27.6. The fraction of sp³-hybridized carbons (Fsp3) is 0. The van der Waals surface area contributed by atoms with Crippen molar-refractivity contribution in [2.24, 2.45) is 0 Å². The molecule has 51 heavy (non-hydrogen) atoms. The highest BCUT2D eigenvalue weighted by Gasteiger charge is 2.20. The molecule has 10 rings (SSSR count). The average molecular weight is 655 g/mol. The minimum Gasteiger partial charge on any atom is -0.278 e. The molecule has 0 amide bonds. The van der Waals surface area contributed by atoms with E-state index >= 15 is 0 Å². The molecule has 0 aliphatic carbocycles. The number of hydrogen-bond donors (Lipinski definition) is 0. The van der Waals surface area contributed by atoms with Crippen molar-refractivity contribution < 1.29 is 0 Å². The molecule has 4 heterocycles. The lowest BCUT2D eigenvalue weighted by Crippen LogP contribution is -2.04. The summed E-state index contributed by atoms with van der Waals surface area (Å²) < 4.78 is 6.68. The van der Waals surface area contributed by atoms with Crippen LogP contribution in [0.2, 0.25) is 0 Å². The van der Waals surface area contributed by atoms with E-state index in [1.165, 1.54) is 0 Å². The van der Waals surface area contributed by atoms with Crippen LogP contribution in [0.4, 0.5) is 0 Å². The van der Waals surface area contributed by atoms with Crippen LogP contribution < -0.4 is 0 Å². The topological polar surface area (TPSA) is 52.9 Å². The van der Waals surface area contributed by atoms with E-state index in [4.69, 9.17) is 15.0 Å². The molecule has 0 spiro atoms. The second-order valence-electron chi connectivity index (χ2n) is 12.6. The molecule has 10 aromatic rings. The van der Waals surface area contributed by atoms with E-state index in [2.05, 4.69) is 142 Å². The van der Waals surface area contributed by atoms with Gasteiger partial charge in [-0.25, -0.2) is 15.0 Å². The van der Waals surface area contributed by atoms with Crippen molar-refractivity contribution in [2.45, 2.75) is 0 Å². The van der Waals surface area contributed by atoms with Crippen LogP contribution in [0.5, 0.6) is 0 Å². The lowest BCUT2D eigenvalue weighted by Gasteiger charge is -2.12. The maximum atomic E-state index is 5.17. The van der Waals surface area contributed by atoms with Crippen molar-refractivity contribution in [3.63, 3.8) is 0 Å². The van der Waals surface area contributed by atoms with Crippen LogP contribution in [0.3, 0.4) is 0 Å². The second-order valence-corrected chi connectivity index (χ2v) is 12.6. The van der Waals surface area contributed by atoms with E-state index in [-0.39, 0.29) is 0 Å². The van der Waals surface area contributed by atoms with E-state index in [0.29, 0.717) is 5.95 Å². The third-order valence-corrected chi connectivity index (χ3v) is 9.80. The third kappa shape index (κ3) is 4.33. The Balaban J connectivity index is 1.18. The molecule has 0 saturated carbocycles. The first-order valence-corrected chi connectivity index (χ1v) is 17.0. The lowest BCUT2D eigenvalue weighted by molar-refractivity contribution is 1.00. The van der Waals surface area contributed by atoms with Gasteiger partial charge in [0, 0.05) is 27.4 Å². The number of rotatable bonds is 6. The summed E-state index contributed by atoms with van der Waals surface area (Å²) in [5, 5.41) is 3.23. The van der Waals surface area contributed by atoms with Crippen molar-refractivity contribution in [2.75, 3.05) is 0 Å². The number of nitrogens with zero attached hydrogens (tertiary/aromatic N) is 6. The smallest absolute Gasteiger partial charge is 0.235 e. The first kappa shape index (κ1) is 28.9. The average Bonchev–Trinajstić information content (AvgIpc) is 3.83. The van der Waals surface area contributed by atoms with Crippen LogP contribution in [0.15, 0.2) is 171 Å². The van der Waals surface area contributed by atoms with Gasteiger partial charge in [-0.1, -0.05) is 110 Å². The van der Waals surface area contributed by atoms with Gasteiger partial charge >= 0.3 is 0 Å². The zero-order chi connectivity index (χ0) is 34.1. The molecule has 240 valence electrons. The summed E-state index contributed by atoms with van der Waals surface area (Å²) in [4.78, 5) is 15.4. The first-order valence-electron chi connectivity index (χ1n) is 17.0. The Morgan fingerprint density at radius 1 is 0.510 bits per heavy atom. The Hall–Kier alpha value is -7.05. The van der Waals surface area contributed by atoms with Gasteiger partial charge < -0.3 is 0 Å². The first-order chi connectivity index (χ1) is 25.2. The molecule has 0 radical (unpaired) electrons. The highest BCUT2D eigenvalue weighted by molar-refractivity contribution is 6.10. The highest BCUT2D eigenvalue weighted by atomic mass is 15.2. The summed E-state index contributed by atoms with van der Waals surface area (Å²) in [6, 6.07) is 48.8. The molecule has 0 bridgehead atoms. The minimum atomic E-state index is 0.609. The Labute approximate surface area is 293 Å². The Morgan fingerprint density at radius 3 is 2.02 bits per heavy atom. The van der Waals surface area contributed by atoms with Gasteiger partial charge in [-0.15, -0.1) is 0 Å². The molecule has 0 saturated heterocycles. The summed E-state index contributed by atoms with van der Waals surface area (Å²) in [5.41, 5.74) is 12.2. The van der Waals surface area contributed by atoms with Crippen LogP contribution in [-0.4, -0.2) is 28.5 Å². The number of allylic oxidation sites excluding steroid dienone is 4. The van der Waals surface area contributed by atoms with E-state index in [9.17, 15) is 0 Å². The van der Waals surface area contributed by atoms with Gasteiger partial charge in [-0.2, -0.15) is 0 Å². The molecule has 0 fully saturated rings. The summed E-state index contributed by atoms with van der Waals surface area (Å²) >= 11 is 0. The number of benzene rings is 6. The van der Waals surface area contributed by atoms with E-state index in [1.807, 2.05) is 36.4 Å². The van der Waals surface area contributed by atoms with Gasteiger partial charge in [-0.05, 0) is 71.8 Å². The molecule has 6 aromatic carbocycles. The van der Waals surface area contributed by atoms with Crippen molar-refractivity contribution in [3.05, 3.63) is 177 Å². The summed E-state index contributed by atoms with van der Waals surface area (Å²) in [6.45, 7) is 7.98. The monoisotopic (exact) mass is 654 g/mol. The number of imidazole rings is 2. The largest absolute Gasteiger partial charge is 0.278 e. The number of para-hydroxylation sites is 5. The molecular formula is C45H30N6. The van der Waals surface area contributed by atoms with Crippen LogP contribution in [-0.2, 0) is 0 Å². The zero-order valence-electron chi connectivity index (χ0n) is 27.6. The number of aromatic nitrogens is 6. The van der Waals surface area contributed by atoms with Crippen LogP contribution in [0.1, 0.15) is 5.69 Å². The van der Waals surface area contributed by atoms with Crippen LogP contribution in [0, 0.1) is 0 Å². The number of fused-ring (bicyclic) bond motifs is 9. The van der Waals surface area contributed by atoms with Gasteiger partial charge in [0.25, 0.3) is 0 Å². The summed E-state index contributed by atoms with van der Waals surface area (Å²) in [6.07, 6.45) is 5.53. The lowest BCUT2D eigenvalue weighted by atomic mass is 10.0. The van der Waals surface area contributed by atoms with Crippen LogP contribution in [0.25, 0.3) is 88.9 Å². The van der Waals surface area contributed by atoms with Crippen molar-refractivity contribution >= 4 is 66.1 Å². The quantitative estimate of drug-likeness (QED) is 0.168. The SMILES string of the molecule is C=C/C=C(\C=C)c1nc(-n2c3ccccc3c3cc(-c4ccc5nc6n(-c7ccccc7)c7ccccc7n6c5c4)ccc32)nc2ccccc12. The molecule has 6 heteroatoms. The van der Waals surface area contributed by atoms with Gasteiger partial charge in [0.2, 0.25) is 11.7 Å². The van der Waals surface area contributed by atoms with E-state index in [0.717, 1.165) is 88.6 Å². The predicted octanol–water partition coefficient (Wildman–Crippen LogP) is 10.9. The van der Waals surface area contributed by atoms with Gasteiger partial charge in [0.1, 0.15) is 0 Å². The Kier molecular flexibility index (Phi) is 6.38. The standard InChI is InChI=1S/C45H30N6/c1-3-14-29(4-2)43-34-18-8-10-19-36(34)46-44(48-43)50-38-20-11-9-17-33(38)35-27-30(24-26-39(35)50)31-23-25-37-42(28-31)51-41-22-13-12-21-40(41)49(45(51)47-37)32-15-6-5-7-16-32/h3-28H,1-2H2/b29-14+. The second kappa shape index (κ2) is 11.3. The van der Waals surface area contributed by atoms with Crippen LogP contribution >= 0.6 is 0 Å². The van der Waals surface area contributed by atoms with Gasteiger partial charge in [0.05, 0.1) is 44.3 Å². The van der Waals surface area contributed by atoms with Gasteiger partial charge in [0.15, 0.2) is 0 Å². The Bertz CT molecular complexity index is 3060. The normalized spacial score (nSPS) is 12.2. The van der Waals surface area contributed by atoms with Crippen molar-refractivity contribution in [1.82, 2.24) is 28.5 Å². The number of hydrogen-bond acceptors (Lipinski definition) is 3. The Morgan fingerprint density at radius 2 is 1.20 bits per heavy atom. The molecule has 4 aromatic heterocycles. The highest BCUT2D eigenvalue weighted by Crippen LogP contribution is 2.37. The maximum absolute atomic E-state index is 5.17. The maximum Gasteiger partial charge on any atom is 0.235 e. The molecule has 0 N–H and O–H groups in total. The molecule has 0 unspecified atom stereocenters. The molecule has 6 nitrogen and oxygen atoms in total. The van der Waals surface area contributed by atoms with Crippen molar-refractivity contribution in [3.8, 4) is 22.8 Å². The van der Waals surface area contributed by atoms with Gasteiger partial charge in [-0.3, -0.25) is 13.5 Å². The molecule has 0 aliphatic heterocycles. The van der Waals surface area contributed by atoms with Crippen molar-refractivity contribution in [1.29, 1.82) is 0 Å². The minimum absolute atomic E-state index is 0.609.